The van der Waals surface area contributed by atoms with Gasteiger partial charge < -0.3 is 21.9 Å². The highest BCUT2D eigenvalue weighted by atomic mass is 16.6. The lowest BCUT2D eigenvalue weighted by Gasteiger charge is -2.14. The Kier molecular flexibility index (Phi) is 4.47. The Hall–Kier alpha value is -2.08. The van der Waals surface area contributed by atoms with E-state index in [2.05, 4.69) is 0 Å². The van der Waals surface area contributed by atoms with Gasteiger partial charge in [0.2, 0.25) is 5.91 Å². The lowest BCUT2D eigenvalue weighted by molar-refractivity contribution is 0.1000. The summed E-state index contributed by atoms with van der Waals surface area (Å²) in [6.45, 7) is 0.181. The third-order valence-corrected chi connectivity index (χ3v) is 2.25. The predicted molar refractivity (Wildman–Crippen MR) is 62.2 cm³/mol. The van der Waals surface area contributed by atoms with Crippen molar-refractivity contribution in [1.29, 1.82) is 0 Å². The van der Waals surface area contributed by atoms with Gasteiger partial charge in [0, 0.05) is 18.5 Å². The first-order valence-corrected chi connectivity index (χ1v) is 5.08. The summed E-state index contributed by atoms with van der Waals surface area (Å²) < 4.78 is 4.80. The molecular formula is C11H15N3O3. The number of hydrogen-bond donors (Lipinski definition) is 3. The number of carbonyl (C=O) groups is 2. The van der Waals surface area contributed by atoms with E-state index in [0.29, 0.717) is 12.0 Å². The van der Waals surface area contributed by atoms with Crippen molar-refractivity contribution >= 4 is 12.0 Å². The van der Waals surface area contributed by atoms with Gasteiger partial charge >= 0.3 is 6.09 Å². The highest BCUT2D eigenvalue weighted by molar-refractivity contribution is 5.92. The second kappa shape index (κ2) is 5.86. The number of hydrogen-bond acceptors (Lipinski definition) is 4. The van der Waals surface area contributed by atoms with Crippen molar-refractivity contribution in [3.63, 3.8) is 0 Å². The fraction of sp³-hybridized carbons (Fsp3) is 0.273. The van der Waals surface area contributed by atoms with Crippen molar-refractivity contribution in [1.82, 2.24) is 0 Å². The van der Waals surface area contributed by atoms with Gasteiger partial charge in [0.25, 0.3) is 0 Å². The van der Waals surface area contributed by atoms with Crippen LogP contribution in [0.2, 0.25) is 0 Å². The van der Waals surface area contributed by atoms with Crippen LogP contribution in [0.3, 0.4) is 0 Å². The Balaban J connectivity index is 2.67. The predicted octanol–water partition coefficient (Wildman–Crippen LogP) is -0.249. The minimum absolute atomic E-state index is 0.181. The summed E-state index contributed by atoms with van der Waals surface area (Å²) in [5, 5.41) is 0. The summed E-state index contributed by atoms with van der Waals surface area (Å²) in [4.78, 5) is 21.4. The molecule has 17 heavy (non-hydrogen) atoms. The number of carbonyl (C=O) groups excluding carboxylic acids is 2. The summed E-state index contributed by atoms with van der Waals surface area (Å²) in [7, 11) is 0. The van der Waals surface area contributed by atoms with Gasteiger partial charge in [-0.15, -0.1) is 0 Å². The standard InChI is InChI=1S/C11H15N3O3/c12-6-9(17-11(14)16)5-7-1-3-8(4-2-7)10(13)15/h1-4,9H,5-6,12H2,(H2,13,15)(H2,14,16)/t9-/m0/s1. The highest BCUT2D eigenvalue weighted by Crippen LogP contribution is 2.08. The first-order chi connectivity index (χ1) is 8.02. The molecule has 1 atom stereocenters. The van der Waals surface area contributed by atoms with Crippen molar-refractivity contribution < 1.29 is 14.3 Å². The molecule has 0 fully saturated rings. The number of amides is 2. The third kappa shape index (κ3) is 4.12. The van der Waals surface area contributed by atoms with Gasteiger partial charge in [-0.2, -0.15) is 0 Å². The zero-order chi connectivity index (χ0) is 12.8. The molecule has 0 aliphatic carbocycles. The Morgan fingerprint density at radius 1 is 1.18 bits per heavy atom. The first kappa shape index (κ1) is 13.0. The van der Waals surface area contributed by atoms with Crippen LogP contribution in [-0.2, 0) is 11.2 Å². The molecule has 0 aliphatic heterocycles. The fourth-order valence-corrected chi connectivity index (χ4v) is 1.41. The second-order valence-electron chi connectivity index (χ2n) is 3.56. The number of ether oxygens (including phenoxy) is 1. The maximum absolute atomic E-state index is 10.9. The molecule has 0 unspecified atom stereocenters. The Labute approximate surface area is 98.7 Å². The van der Waals surface area contributed by atoms with Crippen molar-refractivity contribution in [3.05, 3.63) is 35.4 Å². The van der Waals surface area contributed by atoms with E-state index in [1.807, 2.05) is 0 Å². The molecular weight excluding hydrogens is 222 g/mol. The molecule has 0 aliphatic rings. The molecule has 0 heterocycles. The lowest BCUT2D eigenvalue weighted by atomic mass is 10.1. The molecule has 0 saturated heterocycles. The molecule has 1 rings (SSSR count). The van der Waals surface area contributed by atoms with Crippen LogP contribution in [0.1, 0.15) is 15.9 Å². The van der Waals surface area contributed by atoms with E-state index in [9.17, 15) is 9.59 Å². The van der Waals surface area contributed by atoms with Crippen molar-refractivity contribution in [2.24, 2.45) is 17.2 Å². The number of primary amides is 2. The van der Waals surface area contributed by atoms with Crippen LogP contribution in [0, 0.1) is 0 Å². The average molecular weight is 237 g/mol. The smallest absolute Gasteiger partial charge is 0.404 e. The van der Waals surface area contributed by atoms with Gasteiger partial charge in [-0.25, -0.2) is 4.79 Å². The Bertz CT molecular complexity index is 403. The molecule has 0 spiro atoms. The first-order valence-electron chi connectivity index (χ1n) is 5.08. The normalized spacial score (nSPS) is 11.8. The van der Waals surface area contributed by atoms with Crippen molar-refractivity contribution in [2.75, 3.05) is 6.54 Å². The van der Waals surface area contributed by atoms with Gasteiger partial charge in [-0.1, -0.05) is 12.1 Å². The number of nitrogens with two attached hydrogens (primary N) is 3. The summed E-state index contributed by atoms with van der Waals surface area (Å²) in [6, 6.07) is 6.67. The minimum Gasteiger partial charge on any atom is -0.445 e. The Morgan fingerprint density at radius 3 is 2.18 bits per heavy atom. The van der Waals surface area contributed by atoms with Crippen LogP contribution in [0.15, 0.2) is 24.3 Å². The molecule has 0 bridgehead atoms. The topological polar surface area (TPSA) is 121 Å². The molecule has 1 aromatic carbocycles. The molecule has 0 radical (unpaired) electrons. The molecule has 6 N–H and O–H groups in total. The minimum atomic E-state index is -0.853. The van der Waals surface area contributed by atoms with Crippen LogP contribution in [-0.4, -0.2) is 24.6 Å². The maximum atomic E-state index is 10.9. The molecule has 92 valence electrons. The summed E-state index contributed by atoms with van der Waals surface area (Å²) in [6.07, 6.45) is -0.875. The molecule has 2 amide bonds. The van der Waals surface area contributed by atoms with Gasteiger partial charge in [-0.3, -0.25) is 4.79 Å². The average Bonchev–Trinajstić information content (AvgIpc) is 2.28. The van der Waals surface area contributed by atoms with E-state index < -0.39 is 18.1 Å². The summed E-state index contributed by atoms with van der Waals surface area (Å²) in [5.41, 5.74) is 16.8. The quantitative estimate of drug-likeness (QED) is 0.653. The van der Waals surface area contributed by atoms with Gasteiger partial charge in [-0.05, 0) is 17.7 Å². The summed E-state index contributed by atoms with van der Waals surface area (Å²) >= 11 is 0. The Morgan fingerprint density at radius 2 is 1.76 bits per heavy atom. The monoisotopic (exact) mass is 237 g/mol. The van der Waals surface area contributed by atoms with Gasteiger partial charge in [0.05, 0.1) is 0 Å². The van der Waals surface area contributed by atoms with Crippen molar-refractivity contribution in [2.45, 2.75) is 12.5 Å². The number of rotatable bonds is 5. The van der Waals surface area contributed by atoms with E-state index in [4.69, 9.17) is 21.9 Å². The second-order valence-corrected chi connectivity index (χ2v) is 3.56. The molecule has 6 nitrogen and oxygen atoms in total. The van der Waals surface area contributed by atoms with Crippen molar-refractivity contribution in [3.8, 4) is 0 Å². The largest absolute Gasteiger partial charge is 0.445 e. The van der Waals surface area contributed by atoms with E-state index in [1.165, 1.54) is 0 Å². The zero-order valence-corrected chi connectivity index (χ0v) is 9.26. The van der Waals surface area contributed by atoms with Gasteiger partial charge in [0.1, 0.15) is 6.10 Å². The zero-order valence-electron chi connectivity index (χ0n) is 9.26. The third-order valence-electron chi connectivity index (χ3n) is 2.25. The molecule has 1 aromatic rings. The van der Waals surface area contributed by atoms with E-state index in [-0.39, 0.29) is 6.54 Å². The summed E-state index contributed by atoms with van der Waals surface area (Å²) in [5.74, 6) is -0.486. The fourth-order valence-electron chi connectivity index (χ4n) is 1.41. The van der Waals surface area contributed by atoms with Crippen LogP contribution in [0.25, 0.3) is 0 Å². The molecule has 0 aromatic heterocycles. The van der Waals surface area contributed by atoms with Crippen LogP contribution in [0.4, 0.5) is 4.79 Å². The van der Waals surface area contributed by atoms with Gasteiger partial charge in [0.15, 0.2) is 0 Å². The van der Waals surface area contributed by atoms with Crippen LogP contribution >= 0.6 is 0 Å². The lowest BCUT2D eigenvalue weighted by Crippen LogP contribution is -2.31. The van der Waals surface area contributed by atoms with E-state index in [0.717, 1.165) is 5.56 Å². The number of benzene rings is 1. The molecule has 0 saturated carbocycles. The van der Waals surface area contributed by atoms with Crippen LogP contribution < -0.4 is 17.2 Å². The highest BCUT2D eigenvalue weighted by Gasteiger charge is 2.11. The molecule has 6 heteroatoms. The van der Waals surface area contributed by atoms with Crippen LogP contribution in [0.5, 0.6) is 0 Å². The SMILES string of the molecule is NC[C@H](Cc1ccc(C(N)=O)cc1)OC(N)=O. The maximum Gasteiger partial charge on any atom is 0.404 e. The van der Waals surface area contributed by atoms with E-state index >= 15 is 0 Å². The van der Waals surface area contributed by atoms with E-state index in [1.54, 1.807) is 24.3 Å².